The largest absolute Gasteiger partial charge is 0.496 e. The molecule has 29 heavy (non-hydrogen) atoms. The average molecular weight is 410 g/mol. The molecule has 150 valence electrons. The van der Waals surface area contributed by atoms with Crippen molar-refractivity contribution in [3.63, 3.8) is 0 Å². The molecule has 3 aromatic rings. The monoisotopic (exact) mass is 409 g/mol. The fourth-order valence-electron chi connectivity index (χ4n) is 3.06. The quantitative estimate of drug-likeness (QED) is 0.485. The topological polar surface area (TPSA) is 47.6 Å². The Morgan fingerprint density at radius 2 is 1.72 bits per heavy atom. The van der Waals surface area contributed by atoms with Crippen LogP contribution in [0.2, 0.25) is 5.02 Å². The fraction of sp³-hybridized carbons (Fsp3) is 0.208. The van der Waals surface area contributed by atoms with Crippen LogP contribution in [0.15, 0.2) is 60.7 Å². The number of para-hydroxylation sites is 1. The van der Waals surface area contributed by atoms with Gasteiger partial charge in [-0.05, 0) is 66.4 Å². The van der Waals surface area contributed by atoms with E-state index in [2.05, 4.69) is 19.2 Å². The standard InChI is InChI=1S/C24H24ClNO3/c1-15(2)19-14-20(16(3)12-23(19)28-4)24(27)26-21-13-17(25)10-11-22(21)29-18-8-6-5-7-9-18/h5-15H,1-4H3,(H,26,27). The molecule has 0 spiro atoms. The van der Waals surface area contributed by atoms with Gasteiger partial charge in [0.2, 0.25) is 0 Å². The van der Waals surface area contributed by atoms with Gasteiger partial charge >= 0.3 is 0 Å². The Hall–Kier alpha value is -2.98. The predicted octanol–water partition coefficient (Wildman–Crippen LogP) is 6.83. The molecule has 0 unspecified atom stereocenters. The van der Waals surface area contributed by atoms with Crippen LogP contribution in [0.3, 0.4) is 0 Å². The number of hydrogen-bond acceptors (Lipinski definition) is 3. The smallest absolute Gasteiger partial charge is 0.256 e. The minimum absolute atomic E-state index is 0.222. The van der Waals surface area contributed by atoms with E-state index in [1.807, 2.05) is 49.4 Å². The van der Waals surface area contributed by atoms with Crippen LogP contribution in [-0.4, -0.2) is 13.0 Å². The zero-order chi connectivity index (χ0) is 21.0. The molecule has 5 heteroatoms. The molecule has 0 aliphatic carbocycles. The summed E-state index contributed by atoms with van der Waals surface area (Å²) >= 11 is 6.16. The van der Waals surface area contributed by atoms with Crippen LogP contribution in [0.25, 0.3) is 0 Å². The summed E-state index contributed by atoms with van der Waals surface area (Å²) in [4.78, 5) is 13.1. The summed E-state index contributed by atoms with van der Waals surface area (Å²) < 4.78 is 11.4. The minimum atomic E-state index is -0.229. The van der Waals surface area contributed by atoms with E-state index >= 15 is 0 Å². The molecule has 0 fully saturated rings. The van der Waals surface area contributed by atoms with E-state index in [0.717, 1.165) is 16.9 Å². The summed E-state index contributed by atoms with van der Waals surface area (Å²) in [6.45, 7) is 6.02. The zero-order valence-corrected chi connectivity index (χ0v) is 17.7. The normalized spacial score (nSPS) is 10.7. The third-order valence-corrected chi connectivity index (χ3v) is 4.84. The maximum Gasteiger partial charge on any atom is 0.256 e. The van der Waals surface area contributed by atoms with Gasteiger partial charge in [0.05, 0.1) is 12.8 Å². The van der Waals surface area contributed by atoms with Crippen molar-refractivity contribution in [2.45, 2.75) is 26.7 Å². The number of aryl methyl sites for hydroxylation is 1. The van der Waals surface area contributed by atoms with Crippen molar-refractivity contribution in [2.24, 2.45) is 0 Å². The third kappa shape index (κ3) is 4.90. The van der Waals surface area contributed by atoms with Gasteiger partial charge in [-0.3, -0.25) is 4.79 Å². The Bertz CT molecular complexity index is 1020. The van der Waals surface area contributed by atoms with Gasteiger partial charge in [-0.25, -0.2) is 0 Å². The molecule has 1 amide bonds. The first-order chi connectivity index (χ1) is 13.9. The molecule has 0 radical (unpaired) electrons. The molecular weight excluding hydrogens is 386 g/mol. The summed E-state index contributed by atoms with van der Waals surface area (Å²) in [6, 6.07) is 18.3. The number of hydrogen-bond donors (Lipinski definition) is 1. The molecule has 0 heterocycles. The highest BCUT2D eigenvalue weighted by molar-refractivity contribution is 6.31. The Labute approximate surface area is 176 Å². The van der Waals surface area contributed by atoms with Gasteiger partial charge in [-0.2, -0.15) is 0 Å². The van der Waals surface area contributed by atoms with Crippen molar-refractivity contribution in [1.29, 1.82) is 0 Å². The number of nitrogens with one attached hydrogen (secondary N) is 1. The Morgan fingerprint density at radius 3 is 2.38 bits per heavy atom. The molecule has 0 aliphatic heterocycles. The Balaban J connectivity index is 1.93. The van der Waals surface area contributed by atoms with Crippen molar-refractivity contribution in [2.75, 3.05) is 12.4 Å². The number of halogens is 1. The van der Waals surface area contributed by atoms with Crippen LogP contribution in [0, 0.1) is 6.92 Å². The van der Waals surface area contributed by atoms with Gasteiger partial charge in [0.25, 0.3) is 5.91 Å². The molecule has 0 aromatic heterocycles. The molecule has 4 nitrogen and oxygen atoms in total. The van der Waals surface area contributed by atoms with Crippen LogP contribution in [-0.2, 0) is 0 Å². The van der Waals surface area contributed by atoms with Crippen molar-refractivity contribution >= 4 is 23.2 Å². The lowest BCUT2D eigenvalue weighted by atomic mass is 9.96. The van der Waals surface area contributed by atoms with Gasteiger partial charge < -0.3 is 14.8 Å². The van der Waals surface area contributed by atoms with Gasteiger partial charge in [0.15, 0.2) is 5.75 Å². The van der Waals surface area contributed by atoms with Crippen molar-refractivity contribution in [1.82, 2.24) is 0 Å². The molecule has 0 atom stereocenters. The summed E-state index contributed by atoms with van der Waals surface area (Å²) in [5.74, 6) is 1.97. The van der Waals surface area contributed by atoms with E-state index in [9.17, 15) is 4.79 Å². The van der Waals surface area contributed by atoms with E-state index in [0.29, 0.717) is 27.8 Å². The van der Waals surface area contributed by atoms with Gasteiger partial charge in [-0.15, -0.1) is 0 Å². The van der Waals surface area contributed by atoms with Crippen molar-refractivity contribution < 1.29 is 14.3 Å². The zero-order valence-electron chi connectivity index (χ0n) is 17.0. The van der Waals surface area contributed by atoms with Crippen molar-refractivity contribution in [3.8, 4) is 17.2 Å². The average Bonchev–Trinajstić information content (AvgIpc) is 2.70. The van der Waals surface area contributed by atoms with Crippen LogP contribution < -0.4 is 14.8 Å². The van der Waals surface area contributed by atoms with Gasteiger partial charge in [-0.1, -0.05) is 43.6 Å². The summed E-state index contributed by atoms with van der Waals surface area (Å²) in [6.07, 6.45) is 0. The number of carbonyl (C=O) groups is 1. The molecule has 3 aromatic carbocycles. The molecular formula is C24H24ClNO3. The summed E-state index contributed by atoms with van der Waals surface area (Å²) in [5.41, 5.74) is 2.90. The number of amides is 1. The summed E-state index contributed by atoms with van der Waals surface area (Å²) in [7, 11) is 1.64. The number of rotatable bonds is 6. The maximum atomic E-state index is 13.1. The molecule has 3 rings (SSSR count). The van der Waals surface area contributed by atoms with E-state index in [-0.39, 0.29) is 11.8 Å². The molecule has 0 saturated heterocycles. The lowest BCUT2D eigenvalue weighted by Crippen LogP contribution is -2.15. The fourth-order valence-corrected chi connectivity index (χ4v) is 3.24. The van der Waals surface area contributed by atoms with E-state index in [4.69, 9.17) is 21.1 Å². The second-order valence-corrected chi connectivity index (χ2v) is 7.51. The van der Waals surface area contributed by atoms with E-state index < -0.39 is 0 Å². The lowest BCUT2D eigenvalue weighted by Gasteiger charge is -2.17. The highest BCUT2D eigenvalue weighted by Gasteiger charge is 2.18. The Kier molecular flexibility index (Phi) is 6.45. The van der Waals surface area contributed by atoms with Crippen molar-refractivity contribution in [3.05, 3.63) is 82.4 Å². The highest BCUT2D eigenvalue weighted by Crippen LogP contribution is 2.34. The molecule has 0 bridgehead atoms. The first-order valence-corrected chi connectivity index (χ1v) is 9.79. The number of benzene rings is 3. The Morgan fingerprint density at radius 1 is 1.00 bits per heavy atom. The molecule has 0 aliphatic rings. The van der Waals surface area contributed by atoms with E-state index in [1.165, 1.54) is 0 Å². The minimum Gasteiger partial charge on any atom is -0.496 e. The number of methoxy groups -OCH3 is 1. The van der Waals surface area contributed by atoms with Crippen LogP contribution in [0.4, 0.5) is 5.69 Å². The third-order valence-electron chi connectivity index (χ3n) is 4.60. The van der Waals surface area contributed by atoms with Gasteiger partial charge in [0, 0.05) is 10.6 Å². The number of ether oxygens (including phenoxy) is 2. The summed E-state index contributed by atoms with van der Waals surface area (Å²) in [5, 5.41) is 3.45. The predicted molar refractivity (Wildman–Crippen MR) is 118 cm³/mol. The number of carbonyl (C=O) groups excluding carboxylic acids is 1. The first kappa shape index (κ1) is 20.7. The second kappa shape index (κ2) is 9.01. The van der Waals surface area contributed by atoms with Crippen LogP contribution in [0.1, 0.15) is 41.3 Å². The highest BCUT2D eigenvalue weighted by atomic mass is 35.5. The molecule has 0 saturated carbocycles. The first-order valence-electron chi connectivity index (χ1n) is 9.41. The number of anilines is 1. The second-order valence-electron chi connectivity index (χ2n) is 7.07. The lowest BCUT2D eigenvalue weighted by molar-refractivity contribution is 0.102. The van der Waals surface area contributed by atoms with Crippen LogP contribution in [0.5, 0.6) is 17.2 Å². The van der Waals surface area contributed by atoms with Gasteiger partial charge in [0.1, 0.15) is 11.5 Å². The van der Waals surface area contributed by atoms with Crippen LogP contribution >= 0.6 is 11.6 Å². The maximum absolute atomic E-state index is 13.1. The SMILES string of the molecule is COc1cc(C)c(C(=O)Nc2cc(Cl)ccc2Oc2ccccc2)cc1C(C)C. The molecule has 1 N–H and O–H groups in total. The van der Waals surface area contributed by atoms with E-state index in [1.54, 1.807) is 25.3 Å².